The summed E-state index contributed by atoms with van der Waals surface area (Å²) in [5.74, 6) is -1.16. The predicted octanol–water partition coefficient (Wildman–Crippen LogP) is 4.22. The SMILES string of the molecule is O=C(NCCCn1cc(Cl)cn1)c1cc2nc(-c3ccc(F)cc3)cc(C(F)(F)F)n2n1. The average molecular weight is 467 g/mol. The number of benzene rings is 1. The van der Waals surface area contributed by atoms with Crippen LogP contribution < -0.4 is 5.32 Å². The molecule has 0 aliphatic rings. The van der Waals surface area contributed by atoms with Crippen molar-refractivity contribution in [2.24, 2.45) is 0 Å². The maximum absolute atomic E-state index is 13.6. The molecule has 0 bridgehead atoms. The molecule has 0 aliphatic heterocycles. The van der Waals surface area contributed by atoms with Crippen molar-refractivity contribution in [2.75, 3.05) is 6.54 Å². The number of carbonyl (C=O) groups excluding carboxylic acids is 1. The molecule has 4 rings (SSSR count). The number of nitrogens with zero attached hydrogens (tertiary/aromatic N) is 5. The van der Waals surface area contributed by atoms with Crippen LogP contribution in [0, 0.1) is 5.82 Å². The number of rotatable bonds is 6. The molecule has 1 N–H and O–H groups in total. The molecule has 1 aromatic carbocycles. The largest absolute Gasteiger partial charge is 0.433 e. The van der Waals surface area contributed by atoms with Crippen molar-refractivity contribution < 1.29 is 22.4 Å². The summed E-state index contributed by atoms with van der Waals surface area (Å²) in [7, 11) is 0. The van der Waals surface area contributed by atoms with Crippen LogP contribution in [0.4, 0.5) is 17.6 Å². The van der Waals surface area contributed by atoms with Gasteiger partial charge in [0.25, 0.3) is 5.91 Å². The van der Waals surface area contributed by atoms with Crippen molar-refractivity contribution in [3.8, 4) is 11.3 Å². The molecule has 0 unspecified atom stereocenters. The minimum absolute atomic E-state index is 0.0189. The van der Waals surface area contributed by atoms with E-state index in [0.29, 0.717) is 28.1 Å². The van der Waals surface area contributed by atoms with E-state index >= 15 is 0 Å². The molecule has 0 saturated carbocycles. The van der Waals surface area contributed by atoms with Gasteiger partial charge in [0.1, 0.15) is 5.82 Å². The normalized spacial score (nSPS) is 11.8. The molecule has 0 aliphatic carbocycles. The second kappa shape index (κ2) is 8.58. The number of aromatic nitrogens is 5. The van der Waals surface area contributed by atoms with Gasteiger partial charge >= 0.3 is 6.18 Å². The summed E-state index contributed by atoms with van der Waals surface area (Å²) in [4.78, 5) is 16.6. The molecule has 0 atom stereocenters. The molecule has 0 spiro atoms. The quantitative estimate of drug-likeness (QED) is 0.341. The van der Waals surface area contributed by atoms with E-state index in [0.717, 1.165) is 18.2 Å². The number of nitrogens with one attached hydrogen (secondary N) is 1. The summed E-state index contributed by atoms with van der Waals surface area (Å²) in [6.45, 7) is 0.754. The summed E-state index contributed by atoms with van der Waals surface area (Å²) < 4.78 is 56.3. The molecule has 12 heteroatoms. The first kappa shape index (κ1) is 21.8. The van der Waals surface area contributed by atoms with Crippen LogP contribution in [0.1, 0.15) is 22.6 Å². The lowest BCUT2D eigenvalue weighted by Gasteiger charge is -2.11. The molecule has 3 heterocycles. The lowest BCUT2D eigenvalue weighted by atomic mass is 10.1. The Morgan fingerprint density at radius 3 is 2.56 bits per heavy atom. The van der Waals surface area contributed by atoms with E-state index in [1.54, 1.807) is 10.9 Å². The van der Waals surface area contributed by atoms with Gasteiger partial charge in [0.2, 0.25) is 0 Å². The van der Waals surface area contributed by atoms with E-state index in [-0.39, 0.29) is 23.6 Å². The zero-order chi connectivity index (χ0) is 22.9. The van der Waals surface area contributed by atoms with Crippen LogP contribution in [0.15, 0.2) is 48.8 Å². The van der Waals surface area contributed by atoms with E-state index in [1.165, 1.54) is 24.4 Å². The van der Waals surface area contributed by atoms with Crippen LogP contribution in [-0.4, -0.2) is 36.8 Å². The molecule has 3 aromatic heterocycles. The zero-order valence-corrected chi connectivity index (χ0v) is 17.0. The molecular formula is C20H15ClF4N6O. The van der Waals surface area contributed by atoms with Gasteiger partial charge in [-0.3, -0.25) is 9.48 Å². The number of hydrogen-bond acceptors (Lipinski definition) is 4. The van der Waals surface area contributed by atoms with Crippen molar-refractivity contribution in [3.05, 3.63) is 71.0 Å². The first-order valence-electron chi connectivity index (χ1n) is 9.41. The molecular weight excluding hydrogens is 452 g/mol. The van der Waals surface area contributed by atoms with Gasteiger partial charge in [-0.15, -0.1) is 0 Å². The Bertz CT molecular complexity index is 1270. The van der Waals surface area contributed by atoms with Crippen LogP contribution in [0.2, 0.25) is 5.02 Å². The van der Waals surface area contributed by atoms with Crippen molar-refractivity contribution in [1.82, 2.24) is 29.7 Å². The van der Waals surface area contributed by atoms with Crippen LogP contribution in [0.25, 0.3) is 16.9 Å². The molecule has 7 nitrogen and oxygen atoms in total. The second-order valence-electron chi connectivity index (χ2n) is 6.86. The summed E-state index contributed by atoms with van der Waals surface area (Å²) in [6, 6.07) is 6.88. The number of fused-ring (bicyclic) bond motifs is 1. The third-order valence-corrected chi connectivity index (χ3v) is 4.74. The fourth-order valence-corrected chi connectivity index (χ4v) is 3.21. The standard InChI is InChI=1S/C20H15ClF4N6O/c21-13-10-27-30(11-13)7-1-6-26-19(32)16-9-18-28-15(12-2-4-14(22)5-3-12)8-17(20(23,24)25)31(18)29-16/h2-5,8-11H,1,6-7H2,(H,26,32). The number of carbonyl (C=O) groups is 1. The molecule has 0 radical (unpaired) electrons. The minimum Gasteiger partial charge on any atom is -0.351 e. The van der Waals surface area contributed by atoms with Crippen LogP contribution in [0.3, 0.4) is 0 Å². The van der Waals surface area contributed by atoms with Crippen molar-refractivity contribution in [1.29, 1.82) is 0 Å². The fourth-order valence-electron chi connectivity index (χ4n) is 3.05. The summed E-state index contributed by atoms with van der Waals surface area (Å²) in [6.07, 6.45) is -1.10. The highest BCUT2D eigenvalue weighted by molar-refractivity contribution is 6.30. The van der Waals surface area contributed by atoms with E-state index in [9.17, 15) is 22.4 Å². The molecule has 0 fully saturated rings. The van der Waals surface area contributed by atoms with Gasteiger partial charge < -0.3 is 5.32 Å². The number of hydrogen-bond donors (Lipinski definition) is 1. The van der Waals surface area contributed by atoms with Gasteiger partial charge in [-0.25, -0.2) is 13.9 Å². The van der Waals surface area contributed by atoms with E-state index in [1.807, 2.05) is 0 Å². The highest BCUT2D eigenvalue weighted by atomic mass is 35.5. The lowest BCUT2D eigenvalue weighted by Crippen LogP contribution is -2.26. The third kappa shape index (κ3) is 4.72. The number of alkyl halides is 3. The van der Waals surface area contributed by atoms with Crippen molar-refractivity contribution in [2.45, 2.75) is 19.1 Å². The minimum atomic E-state index is -4.75. The number of aryl methyl sites for hydroxylation is 1. The van der Waals surface area contributed by atoms with Gasteiger partial charge in [-0.05, 0) is 36.8 Å². The van der Waals surface area contributed by atoms with E-state index in [4.69, 9.17) is 11.6 Å². The van der Waals surface area contributed by atoms with Crippen molar-refractivity contribution >= 4 is 23.2 Å². The Balaban J connectivity index is 1.56. The van der Waals surface area contributed by atoms with Crippen molar-refractivity contribution in [3.63, 3.8) is 0 Å². The predicted molar refractivity (Wildman–Crippen MR) is 108 cm³/mol. The average Bonchev–Trinajstić information content (AvgIpc) is 3.36. The highest BCUT2D eigenvalue weighted by Gasteiger charge is 2.35. The number of amides is 1. The molecule has 0 saturated heterocycles. The first-order chi connectivity index (χ1) is 15.2. The second-order valence-corrected chi connectivity index (χ2v) is 7.30. The maximum Gasteiger partial charge on any atom is 0.433 e. The Kier molecular flexibility index (Phi) is 5.83. The fraction of sp³-hybridized carbons (Fsp3) is 0.200. The Morgan fingerprint density at radius 1 is 1.16 bits per heavy atom. The molecule has 1 amide bonds. The Hall–Kier alpha value is -3.47. The van der Waals surface area contributed by atoms with Crippen LogP contribution >= 0.6 is 11.6 Å². The smallest absolute Gasteiger partial charge is 0.351 e. The zero-order valence-electron chi connectivity index (χ0n) is 16.3. The maximum atomic E-state index is 13.6. The van der Waals surface area contributed by atoms with Crippen LogP contribution in [0.5, 0.6) is 0 Å². The Morgan fingerprint density at radius 2 is 1.91 bits per heavy atom. The number of halogens is 5. The molecule has 4 aromatic rings. The topological polar surface area (TPSA) is 77.1 Å². The van der Waals surface area contributed by atoms with Gasteiger partial charge in [0.15, 0.2) is 17.0 Å². The third-order valence-electron chi connectivity index (χ3n) is 4.54. The molecule has 166 valence electrons. The first-order valence-corrected chi connectivity index (χ1v) is 9.78. The van der Waals surface area contributed by atoms with E-state index < -0.39 is 23.6 Å². The Labute approximate surface area is 183 Å². The van der Waals surface area contributed by atoms with Gasteiger partial charge in [0.05, 0.1) is 16.9 Å². The highest BCUT2D eigenvalue weighted by Crippen LogP contribution is 2.32. The van der Waals surface area contributed by atoms with Gasteiger partial charge in [-0.1, -0.05) is 11.6 Å². The lowest BCUT2D eigenvalue weighted by molar-refractivity contribution is -0.142. The monoisotopic (exact) mass is 466 g/mol. The van der Waals surface area contributed by atoms with Crippen LogP contribution in [-0.2, 0) is 12.7 Å². The molecule has 32 heavy (non-hydrogen) atoms. The summed E-state index contributed by atoms with van der Waals surface area (Å²) in [5, 5.41) is 10.9. The van der Waals surface area contributed by atoms with E-state index in [2.05, 4.69) is 20.5 Å². The summed E-state index contributed by atoms with van der Waals surface area (Å²) in [5.41, 5.74) is -1.19. The summed E-state index contributed by atoms with van der Waals surface area (Å²) >= 11 is 5.78. The van der Waals surface area contributed by atoms with Gasteiger partial charge in [0, 0.05) is 30.9 Å². The van der Waals surface area contributed by atoms with Gasteiger partial charge in [-0.2, -0.15) is 23.4 Å².